The van der Waals surface area contributed by atoms with Gasteiger partial charge < -0.3 is 20.3 Å². The standard InChI is InChI=1S/C17H27ClN4O/c1-3-19-17(21-12-16-13-22(2)9-10-23-16)20-8-7-14-5-4-6-15(18)11-14/h4-6,11,16H,3,7-10,12-13H2,1-2H3,(H2,19,20,21). The molecule has 1 aliphatic rings. The summed E-state index contributed by atoms with van der Waals surface area (Å²) in [5.74, 6) is 0.839. The van der Waals surface area contributed by atoms with E-state index in [1.807, 2.05) is 18.2 Å². The molecule has 1 heterocycles. The summed E-state index contributed by atoms with van der Waals surface area (Å²) in [5, 5.41) is 7.42. The minimum absolute atomic E-state index is 0.178. The summed E-state index contributed by atoms with van der Waals surface area (Å²) in [6.45, 7) is 7.13. The van der Waals surface area contributed by atoms with Crippen molar-refractivity contribution in [3.8, 4) is 0 Å². The molecule has 1 aromatic rings. The fourth-order valence-electron chi connectivity index (χ4n) is 2.53. The summed E-state index contributed by atoms with van der Waals surface area (Å²) in [4.78, 5) is 6.92. The number of morpholine rings is 1. The molecule has 0 spiro atoms. The number of benzene rings is 1. The van der Waals surface area contributed by atoms with Crippen LogP contribution in [-0.4, -0.2) is 63.3 Å². The maximum absolute atomic E-state index is 6.01. The van der Waals surface area contributed by atoms with E-state index < -0.39 is 0 Å². The van der Waals surface area contributed by atoms with Crippen molar-refractivity contribution in [3.63, 3.8) is 0 Å². The highest BCUT2D eigenvalue weighted by atomic mass is 35.5. The number of hydrogen-bond acceptors (Lipinski definition) is 3. The molecular weight excluding hydrogens is 312 g/mol. The van der Waals surface area contributed by atoms with E-state index in [4.69, 9.17) is 16.3 Å². The maximum Gasteiger partial charge on any atom is 0.191 e. The molecule has 0 saturated carbocycles. The molecule has 0 aliphatic carbocycles. The molecule has 128 valence electrons. The summed E-state index contributed by atoms with van der Waals surface area (Å²) in [7, 11) is 2.12. The van der Waals surface area contributed by atoms with Gasteiger partial charge in [-0.25, -0.2) is 0 Å². The minimum Gasteiger partial charge on any atom is -0.374 e. The number of halogens is 1. The van der Waals surface area contributed by atoms with E-state index >= 15 is 0 Å². The zero-order valence-corrected chi connectivity index (χ0v) is 14.8. The lowest BCUT2D eigenvalue weighted by atomic mass is 10.1. The van der Waals surface area contributed by atoms with Crippen LogP contribution >= 0.6 is 11.6 Å². The molecule has 1 atom stereocenters. The number of rotatable bonds is 6. The molecule has 1 aromatic carbocycles. The molecule has 23 heavy (non-hydrogen) atoms. The third-order valence-corrected chi connectivity index (χ3v) is 3.97. The molecule has 0 bridgehead atoms. The fraction of sp³-hybridized carbons (Fsp3) is 0.588. The predicted molar refractivity (Wildman–Crippen MR) is 96.4 cm³/mol. The molecule has 5 nitrogen and oxygen atoms in total. The van der Waals surface area contributed by atoms with Crippen molar-refractivity contribution in [2.24, 2.45) is 4.99 Å². The van der Waals surface area contributed by atoms with Gasteiger partial charge in [0.05, 0.1) is 19.3 Å². The first kappa shape index (κ1) is 18.0. The van der Waals surface area contributed by atoms with Gasteiger partial charge in [0.2, 0.25) is 0 Å². The molecule has 1 saturated heterocycles. The predicted octanol–water partition coefficient (Wildman–Crippen LogP) is 1.77. The van der Waals surface area contributed by atoms with Gasteiger partial charge in [-0.05, 0) is 38.1 Å². The van der Waals surface area contributed by atoms with Gasteiger partial charge in [0.1, 0.15) is 0 Å². The van der Waals surface area contributed by atoms with Gasteiger partial charge in [0.15, 0.2) is 5.96 Å². The van der Waals surface area contributed by atoms with Gasteiger partial charge in [-0.2, -0.15) is 0 Å². The molecule has 0 aromatic heterocycles. The van der Waals surface area contributed by atoms with Gasteiger partial charge in [-0.15, -0.1) is 0 Å². The van der Waals surface area contributed by atoms with E-state index in [1.165, 1.54) is 5.56 Å². The Bertz CT molecular complexity index is 509. The third-order valence-electron chi connectivity index (χ3n) is 3.73. The van der Waals surface area contributed by atoms with E-state index in [-0.39, 0.29) is 6.10 Å². The highest BCUT2D eigenvalue weighted by molar-refractivity contribution is 6.30. The fourth-order valence-corrected chi connectivity index (χ4v) is 2.74. The van der Waals surface area contributed by atoms with Crippen LogP contribution in [0.15, 0.2) is 29.3 Å². The molecule has 0 amide bonds. The molecule has 2 rings (SSSR count). The molecule has 0 radical (unpaired) electrons. The molecule has 1 unspecified atom stereocenters. The van der Waals surface area contributed by atoms with Crippen molar-refractivity contribution in [2.45, 2.75) is 19.4 Å². The largest absolute Gasteiger partial charge is 0.374 e. The van der Waals surface area contributed by atoms with Crippen LogP contribution in [0.1, 0.15) is 12.5 Å². The number of likely N-dealkylation sites (N-methyl/N-ethyl adjacent to an activating group) is 1. The first-order chi connectivity index (χ1) is 11.2. The van der Waals surface area contributed by atoms with Crippen LogP contribution in [0.5, 0.6) is 0 Å². The zero-order chi connectivity index (χ0) is 16.5. The van der Waals surface area contributed by atoms with Crippen LogP contribution in [0, 0.1) is 0 Å². The smallest absolute Gasteiger partial charge is 0.191 e. The Morgan fingerprint density at radius 3 is 3.04 bits per heavy atom. The monoisotopic (exact) mass is 338 g/mol. The summed E-state index contributed by atoms with van der Waals surface area (Å²) in [6, 6.07) is 7.96. The lowest BCUT2D eigenvalue weighted by Gasteiger charge is -2.29. The van der Waals surface area contributed by atoms with Gasteiger partial charge in [-0.3, -0.25) is 4.99 Å². The number of nitrogens with zero attached hydrogens (tertiary/aromatic N) is 2. The number of hydrogen-bond donors (Lipinski definition) is 2. The van der Waals surface area contributed by atoms with Gasteiger partial charge in [0, 0.05) is 31.2 Å². The average molecular weight is 339 g/mol. The lowest BCUT2D eigenvalue weighted by Crippen LogP contribution is -2.43. The van der Waals surface area contributed by atoms with Crippen molar-refractivity contribution < 1.29 is 4.74 Å². The lowest BCUT2D eigenvalue weighted by molar-refractivity contribution is -0.0136. The van der Waals surface area contributed by atoms with Crippen molar-refractivity contribution >= 4 is 17.6 Å². The van der Waals surface area contributed by atoms with Crippen molar-refractivity contribution in [1.82, 2.24) is 15.5 Å². The topological polar surface area (TPSA) is 48.9 Å². The summed E-state index contributed by atoms with van der Waals surface area (Å²) < 4.78 is 5.74. The van der Waals surface area contributed by atoms with Crippen LogP contribution in [0.25, 0.3) is 0 Å². The van der Waals surface area contributed by atoms with E-state index in [1.54, 1.807) is 0 Å². The first-order valence-electron chi connectivity index (χ1n) is 8.24. The first-order valence-corrected chi connectivity index (χ1v) is 8.62. The van der Waals surface area contributed by atoms with Gasteiger partial charge >= 0.3 is 0 Å². The number of ether oxygens (including phenoxy) is 1. The van der Waals surface area contributed by atoms with Gasteiger partial charge in [0.25, 0.3) is 0 Å². The van der Waals surface area contributed by atoms with Crippen molar-refractivity contribution in [3.05, 3.63) is 34.9 Å². The second-order valence-electron chi connectivity index (χ2n) is 5.78. The number of nitrogens with one attached hydrogen (secondary N) is 2. The SMILES string of the molecule is CCNC(=NCC1CN(C)CCO1)NCCc1cccc(Cl)c1. The Morgan fingerprint density at radius 2 is 2.30 bits per heavy atom. The molecule has 2 N–H and O–H groups in total. The van der Waals surface area contributed by atoms with Crippen LogP contribution in [-0.2, 0) is 11.2 Å². The Balaban J connectivity index is 1.79. The van der Waals surface area contributed by atoms with Crippen molar-refractivity contribution in [2.75, 3.05) is 46.4 Å². The third kappa shape index (κ3) is 6.77. The average Bonchev–Trinajstić information content (AvgIpc) is 2.53. The van der Waals surface area contributed by atoms with E-state index in [0.29, 0.717) is 6.54 Å². The second kappa shape index (κ2) is 9.75. The molecule has 6 heteroatoms. The molecule has 1 fully saturated rings. The Labute approximate surface area is 144 Å². The maximum atomic E-state index is 6.01. The number of aliphatic imine (C=N–C) groups is 1. The van der Waals surface area contributed by atoms with Gasteiger partial charge in [-0.1, -0.05) is 23.7 Å². The zero-order valence-electron chi connectivity index (χ0n) is 14.0. The van der Waals surface area contributed by atoms with E-state index in [9.17, 15) is 0 Å². The molecule has 1 aliphatic heterocycles. The van der Waals surface area contributed by atoms with Crippen molar-refractivity contribution in [1.29, 1.82) is 0 Å². The Kier molecular flexibility index (Phi) is 7.65. The minimum atomic E-state index is 0.178. The second-order valence-corrected chi connectivity index (χ2v) is 6.22. The van der Waals surface area contributed by atoms with E-state index in [2.05, 4.69) is 40.6 Å². The highest BCUT2D eigenvalue weighted by Crippen LogP contribution is 2.10. The highest BCUT2D eigenvalue weighted by Gasteiger charge is 2.17. The quantitative estimate of drug-likeness (QED) is 0.613. The number of guanidine groups is 1. The van der Waals surface area contributed by atoms with Crippen LogP contribution in [0.4, 0.5) is 0 Å². The summed E-state index contributed by atoms with van der Waals surface area (Å²) in [5.41, 5.74) is 1.22. The van der Waals surface area contributed by atoms with E-state index in [0.717, 1.165) is 50.2 Å². The van der Waals surface area contributed by atoms with Crippen LogP contribution in [0.3, 0.4) is 0 Å². The Morgan fingerprint density at radius 1 is 1.43 bits per heavy atom. The van der Waals surface area contributed by atoms with Crippen LogP contribution in [0.2, 0.25) is 5.02 Å². The molecular formula is C17H27ClN4O. The van der Waals surface area contributed by atoms with Crippen LogP contribution < -0.4 is 10.6 Å². The normalized spacial score (nSPS) is 19.6. The summed E-state index contributed by atoms with van der Waals surface area (Å²) >= 11 is 6.01. The summed E-state index contributed by atoms with van der Waals surface area (Å²) in [6.07, 6.45) is 1.09. The Hall–Kier alpha value is -1.30.